The molecule has 25 heavy (non-hydrogen) atoms. The number of anilines is 1. The number of aromatic hydroxyl groups is 2. The van der Waals surface area contributed by atoms with Gasteiger partial charge in [0, 0.05) is 32.8 Å². The number of phenolic OH excluding ortho intramolecular Hbond substituents is 2. The van der Waals surface area contributed by atoms with Crippen LogP contribution < -0.4 is 16.7 Å². The fourth-order valence-corrected chi connectivity index (χ4v) is 2.42. The van der Waals surface area contributed by atoms with E-state index in [9.17, 15) is 19.8 Å². The maximum Gasteiger partial charge on any atom is 0.332 e. The maximum atomic E-state index is 12.3. The second kappa shape index (κ2) is 5.82. The number of hydrazone groups is 1. The SMILES string of the molecule is Cn1c(=O)c2c(nc(N/N=C\c3ccc(O)cc3O)n2C)n(C)c1=O. The summed E-state index contributed by atoms with van der Waals surface area (Å²) < 4.78 is 3.77. The third kappa shape index (κ3) is 2.63. The lowest BCUT2D eigenvalue weighted by molar-refractivity contribution is 0.450. The van der Waals surface area contributed by atoms with Crippen LogP contribution >= 0.6 is 0 Å². The minimum atomic E-state index is -0.473. The van der Waals surface area contributed by atoms with Gasteiger partial charge in [0.15, 0.2) is 11.2 Å². The predicted molar refractivity (Wildman–Crippen MR) is 92.2 cm³/mol. The van der Waals surface area contributed by atoms with Crippen molar-refractivity contribution in [2.75, 3.05) is 5.43 Å². The molecule has 0 atom stereocenters. The average Bonchev–Trinajstić information content (AvgIpc) is 2.90. The molecular formula is C15H16N6O4. The zero-order valence-corrected chi connectivity index (χ0v) is 13.8. The van der Waals surface area contributed by atoms with E-state index in [0.717, 1.165) is 4.57 Å². The summed E-state index contributed by atoms with van der Waals surface area (Å²) in [7, 11) is 4.55. The molecule has 2 aromatic heterocycles. The van der Waals surface area contributed by atoms with Crippen LogP contribution in [0.3, 0.4) is 0 Å². The van der Waals surface area contributed by atoms with Gasteiger partial charge in [0.1, 0.15) is 11.5 Å². The minimum absolute atomic E-state index is 0.0604. The van der Waals surface area contributed by atoms with E-state index >= 15 is 0 Å². The van der Waals surface area contributed by atoms with Gasteiger partial charge in [-0.25, -0.2) is 10.2 Å². The Balaban J connectivity index is 2.00. The number of aryl methyl sites for hydroxylation is 2. The van der Waals surface area contributed by atoms with Gasteiger partial charge in [0.25, 0.3) is 5.56 Å². The number of fused-ring (bicyclic) bond motifs is 1. The van der Waals surface area contributed by atoms with Gasteiger partial charge in [-0.3, -0.25) is 13.9 Å². The van der Waals surface area contributed by atoms with E-state index in [2.05, 4.69) is 15.5 Å². The molecule has 3 N–H and O–H groups in total. The molecule has 3 rings (SSSR count). The minimum Gasteiger partial charge on any atom is -0.508 e. The molecule has 3 aromatic rings. The van der Waals surface area contributed by atoms with E-state index in [4.69, 9.17) is 0 Å². The van der Waals surface area contributed by atoms with Crippen LogP contribution in [-0.4, -0.2) is 35.1 Å². The molecule has 0 aliphatic carbocycles. The molecule has 130 valence electrons. The highest BCUT2D eigenvalue weighted by molar-refractivity contribution is 5.84. The highest BCUT2D eigenvalue weighted by Gasteiger charge is 2.16. The molecule has 0 bridgehead atoms. The summed E-state index contributed by atoms with van der Waals surface area (Å²) in [6, 6.07) is 4.09. The number of imidazole rings is 1. The number of phenols is 2. The van der Waals surface area contributed by atoms with Gasteiger partial charge in [-0.15, -0.1) is 0 Å². The summed E-state index contributed by atoms with van der Waals surface area (Å²) in [6.45, 7) is 0. The van der Waals surface area contributed by atoms with E-state index in [1.807, 2.05) is 0 Å². The van der Waals surface area contributed by atoms with Gasteiger partial charge in [-0.05, 0) is 12.1 Å². The predicted octanol–water partition coefficient (Wildman–Crippen LogP) is -0.172. The molecule has 10 nitrogen and oxygen atoms in total. The number of aromatic nitrogens is 4. The Labute approximate surface area is 140 Å². The van der Waals surface area contributed by atoms with Crippen LogP contribution in [0.1, 0.15) is 5.56 Å². The standard InChI is InChI=1S/C15H16N6O4/c1-19-11-12(20(2)15(25)21(3)13(11)24)17-14(19)18-16-7-8-4-5-9(22)6-10(8)23/h4-7,22-23H,1-3H3,(H,17,18)/b16-7-. The maximum absolute atomic E-state index is 12.3. The summed E-state index contributed by atoms with van der Waals surface area (Å²) >= 11 is 0. The Bertz CT molecular complexity index is 1120. The fraction of sp³-hybridized carbons (Fsp3) is 0.200. The van der Waals surface area contributed by atoms with E-state index in [-0.39, 0.29) is 28.6 Å². The van der Waals surface area contributed by atoms with Gasteiger partial charge in [-0.2, -0.15) is 10.1 Å². The number of hydrogen-bond donors (Lipinski definition) is 3. The topological polar surface area (TPSA) is 127 Å². The molecular weight excluding hydrogens is 328 g/mol. The normalized spacial score (nSPS) is 11.5. The molecule has 0 radical (unpaired) electrons. The zero-order chi connectivity index (χ0) is 18.3. The molecule has 0 saturated carbocycles. The van der Waals surface area contributed by atoms with Crippen molar-refractivity contribution in [1.29, 1.82) is 0 Å². The van der Waals surface area contributed by atoms with Gasteiger partial charge in [0.05, 0.1) is 6.21 Å². The Kier molecular flexibility index (Phi) is 3.79. The molecule has 0 aliphatic heterocycles. The van der Waals surface area contributed by atoms with Crippen molar-refractivity contribution in [2.45, 2.75) is 0 Å². The second-order valence-electron chi connectivity index (χ2n) is 5.49. The van der Waals surface area contributed by atoms with Gasteiger partial charge < -0.3 is 14.8 Å². The van der Waals surface area contributed by atoms with Crippen LogP contribution in [0.5, 0.6) is 11.5 Å². The van der Waals surface area contributed by atoms with Crippen molar-refractivity contribution in [3.63, 3.8) is 0 Å². The molecule has 10 heteroatoms. The summed E-state index contributed by atoms with van der Waals surface area (Å²) in [5, 5.41) is 22.9. The largest absolute Gasteiger partial charge is 0.508 e. The third-order valence-corrected chi connectivity index (χ3v) is 3.86. The highest BCUT2D eigenvalue weighted by Crippen LogP contribution is 2.21. The highest BCUT2D eigenvalue weighted by atomic mass is 16.3. The van der Waals surface area contributed by atoms with Crippen molar-refractivity contribution in [1.82, 2.24) is 18.7 Å². The van der Waals surface area contributed by atoms with Crippen molar-refractivity contribution in [3.05, 3.63) is 44.6 Å². The van der Waals surface area contributed by atoms with Crippen molar-refractivity contribution in [2.24, 2.45) is 26.2 Å². The Morgan fingerprint density at radius 1 is 1.12 bits per heavy atom. The van der Waals surface area contributed by atoms with Crippen LogP contribution in [0.4, 0.5) is 5.95 Å². The summed E-state index contributed by atoms with van der Waals surface area (Å²) in [4.78, 5) is 28.5. The monoisotopic (exact) mass is 344 g/mol. The van der Waals surface area contributed by atoms with Crippen LogP contribution in [0.15, 0.2) is 32.9 Å². The smallest absolute Gasteiger partial charge is 0.332 e. The number of rotatable bonds is 3. The lowest BCUT2D eigenvalue weighted by Gasteiger charge is -2.03. The van der Waals surface area contributed by atoms with Gasteiger partial charge >= 0.3 is 5.69 Å². The van der Waals surface area contributed by atoms with E-state index in [1.54, 1.807) is 7.05 Å². The molecule has 0 fully saturated rings. The first-order valence-electron chi connectivity index (χ1n) is 7.24. The second-order valence-corrected chi connectivity index (χ2v) is 5.49. The zero-order valence-electron chi connectivity index (χ0n) is 13.8. The fourth-order valence-electron chi connectivity index (χ4n) is 2.42. The average molecular weight is 344 g/mol. The van der Waals surface area contributed by atoms with E-state index in [1.165, 1.54) is 47.6 Å². The third-order valence-electron chi connectivity index (χ3n) is 3.86. The number of hydrogen-bond acceptors (Lipinski definition) is 7. The lowest BCUT2D eigenvalue weighted by Crippen LogP contribution is -2.37. The first-order valence-corrected chi connectivity index (χ1v) is 7.24. The Morgan fingerprint density at radius 2 is 1.84 bits per heavy atom. The molecule has 0 amide bonds. The molecule has 2 heterocycles. The summed E-state index contributed by atoms with van der Waals surface area (Å²) in [6.07, 6.45) is 1.34. The van der Waals surface area contributed by atoms with Crippen LogP contribution in [0.2, 0.25) is 0 Å². The van der Waals surface area contributed by atoms with Gasteiger partial charge in [-0.1, -0.05) is 0 Å². The van der Waals surface area contributed by atoms with Crippen LogP contribution in [0, 0.1) is 0 Å². The van der Waals surface area contributed by atoms with Crippen LogP contribution in [0.25, 0.3) is 11.2 Å². The Morgan fingerprint density at radius 3 is 2.52 bits per heavy atom. The van der Waals surface area contributed by atoms with Gasteiger partial charge in [0.2, 0.25) is 5.95 Å². The molecule has 0 aliphatic rings. The first kappa shape index (κ1) is 16.3. The number of benzene rings is 1. The van der Waals surface area contributed by atoms with E-state index in [0.29, 0.717) is 5.56 Å². The first-order chi connectivity index (χ1) is 11.8. The lowest BCUT2D eigenvalue weighted by atomic mass is 10.2. The van der Waals surface area contributed by atoms with Crippen molar-refractivity contribution in [3.8, 4) is 11.5 Å². The Hall–Kier alpha value is -3.56. The van der Waals surface area contributed by atoms with Crippen LogP contribution in [-0.2, 0) is 21.1 Å². The summed E-state index contributed by atoms with van der Waals surface area (Å²) in [5.41, 5.74) is 2.62. The number of nitrogens with zero attached hydrogens (tertiary/aromatic N) is 5. The molecule has 0 unspecified atom stereocenters. The van der Waals surface area contributed by atoms with Crippen molar-refractivity contribution >= 4 is 23.3 Å². The molecule has 0 spiro atoms. The molecule has 1 aromatic carbocycles. The van der Waals surface area contributed by atoms with E-state index < -0.39 is 11.2 Å². The number of nitrogens with one attached hydrogen (secondary N) is 1. The molecule has 0 saturated heterocycles. The van der Waals surface area contributed by atoms with Crippen molar-refractivity contribution < 1.29 is 10.2 Å². The summed E-state index contributed by atoms with van der Waals surface area (Å²) in [5.74, 6) is 0.0596. The quantitative estimate of drug-likeness (QED) is 0.447.